The standard InChI is InChI=1S/C14H17NO4/c16-13(8-3-10-1-2-10)15-11-4-6-12(7-5-11)19-9-14(17)18/h4-7,10H,1-3,8-9H2,(H,15,16)(H,17,18). The second-order valence-corrected chi connectivity index (χ2v) is 4.74. The van der Waals surface area contributed by atoms with E-state index in [0.717, 1.165) is 12.3 Å². The van der Waals surface area contributed by atoms with Crippen molar-refractivity contribution in [1.29, 1.82) is 0 Å². The monoisotopic (exact) mass is 263 g/mol. The van der Waals surface area contributed by atoms with Crippen LogP contribution in [0.3, 0.4) is 0 Å². The summed E-state index contributed by atoms with van der Waals surface area (Å²) >= 11 is 0. The highest BCUT2D eigenvalue weighted by Gasteiger charge is 2.21. The molecule has 1 fully saturated rings. The van der Waals surface area contributed by atoms with Gasteiger partial charge in [0.15, 0.2) is 6.61 Å². The fourth-order valence-corrected chi connectivity index (χ4v) is 1.74. The second-order valence-electron chi connectivity index (χ2n) is 4.74. The Labute approximate surface area is 111 Å². The molecule has 1 aromatic rings. The van der Waals surface area contributed by atoms with E-state index in [1.807, 2.05) is 0 Å². The van der Waals surface area contributed by atoms with Crippen LogP contribution >= 0.6 is 0 Å². The van der Waals surface area contributed by atoms with Gasteiger partial charge in [0.05, 0.1) is 0 Å². The third-order valence-electron chi connectivity index (χ3n) is 2.98. The summed E-state index contributed by atoms with van der Waals surface area (Å²) in [7, 11) is 0. The molecule has 0 unspecified atom stereocenters. The van der Waals surface area contributed by atoms with Crippen molar-refractivity contribution in [3.8, 4) is 5.75 Å². The first kappa shape index (κ1) is 13.4. The molecule has 19 heavy (non-hydrogen) atoms. The van der Waals surface area contributed by atoms with Crippen LogP contribution in [-0.2, 0) is 9.59 Å². The lowest BCUT2D eigenvalue weighted by Gasteiger charge is -2.07. The predicted octanol–water partition coefficient (Wildman–Crippen LogP) is 2.28. The van der Waals surface area contributed by atoms with Gasteiger partial charge in [0, 0.05) is 12.1 Å². The van der Waals surface area contributed by atoms with Gasteiger partial charge in [-0.15, -0.1) is 0 Å². The summed E-state index contributed by atoms with van der Waals surface area (Å²) < 4.78 is 5.00. The largest absolute Gasteiger partial charge is 0.482 e. The lowest BCUT2D eigenvalue weighted by molar-refractivity contribution is -0.139. The van der Waals surface area contributed by atoms with Gasteiger partial charge in [-0.25, -0.2) is 4.79 Å². The molecule has 1 saturated carbocycles. The average Bonchev–Trinajstić information content (AvgIpc) is 3.19. The Hall–Kier alpha value is -2.04. The van der Waals surface area contributed by atoms with Crippen LogP contribution in [0, 0.1) is 5.92 Å². The van der Waals surface area contributed by atoms with Crippen molar-refractivity contribution in [2.24, 2.45) is 5.92 Å². The van der Waals surface area contributed by atoms with Crippen LogP contribution in [0.15, 0.2) is 24.3 Å². The molecular formula is C14H17NO4. The number of nitrogens with one attached hydrogen (secondary N) is 1. The maximum absolute atomic E-state index is 11.6. The fourth-order valence-electron chi connectivity index (χ4n) is 1.74. The van der Waals surface area contributed by atoms with Gasteiger partial charge in [0.2, 0.25) is 5.91 Å². The quantitative estimate of drug-likeness (QED) is 0.791. The van der Waals surface area contributed by atoms with Gasteiger partial charge in [0.1, 0.15) is 5.75 Å². The number of ether oxygens (including phenoxy) is 1. The molecule has 0 spiro atoms. The Morgan fingerprint density at radius 2 is 1.95 bits per heavy atom. The van der Waals surface area contributed by atoms with E-state index in [2.05, 4.69) is 5.32 Å². The zero-order chi connectivity index (χ0) is 13.7. The zero-order valence-corrected chi connectivity index (χ0v) is 10.6. The number of carbonyl (C=O) groups is 2. The maximum atomic E-state index is 11.6. The van der Waals surface area contributed by atoms with Gasteiger partial charge in [-0.1, -0.05) is 12.8 Å². The second kappa shape index (κ2) is 6.22. The van der Waals surface area contributed by atoms with Gasteiger partial charge in [-0.3, -0.25) is 4.79 Å². The van der Waals surface area contributed by atoms with E-state index in [1.54, 1.807) is 24.3 Å². The summed E-state index contributed by atoms with van der Waals surface area (Å²) in [5.41, 5.74) is 0.698. The normalized spacial score (nSPS) is 13.9. The van der Waals surface area contributed by atoms with Gasteiger partial charge >= 0.3 is 5.97 Å². The Kier molecular flexibility index (Phi) is 4.39. The lowest BCUT2D eigenvalue weighted by atomic mass is 10.2. The summed E-state index contributed by atoms with van der Waals surface area (Å²) in [4.78, 5) is 22.0. The molecule has 2 rings (SSSR count). The van der Waals surface area contributed by atoms with Crippen LogP contribution in [0.5, 0.6) is 5.75 Å². The van der Waals surface area contributed by atoms with Crippen molar-refractivity contribution in [2.75, 3.05) is 11.9 Å². The molecular weight excluding hydrogens is 246 g/mol. The van der Waals surface area contributed by atoms with Crippen molar-refractivity contribution in [2.45, 2.75) is 25.7 Å². The highest BCUT2D eigenvalue weighted by molar-refractivity contribution is 5.90. The number of benzene rings is 1. The predicted molar refractivity (Wildman–Crippen MR) is 70.2 cm³/mol. The molecule has 1 amide bonds. The van der Waals surface area contributed by atoms with Crippen LogP contribution < -0.4 is 10.1 Å². The number of amides is 1. The van der Waals surface area contributed by atoms with Crippen molar-refractivity contribution < 1.29 is 19.4 Å². The first-order valence-corrected chi connectivity index (χ1v) is 6.38. The molecule has 0 bridgehead atoms. The van der Waals surface area contributed by atoms with Gasteiger partial charge in [-0.05, 0) is 36.6 Å². The summed E-state index contributed by atoms with van der Waals surface area (Å²) in [6.45, 7) is -0.368. The first-order valence-electron chi connectivity index (χ1n) is 6.38. The molecule has 0 aromatic heterocycles. The fraction of sp³-hybridized carbons (Fsp3) is 0.429. The molecule has 1 aliphatic carbocycles. The van der Waals surface area contributed by atoms with Crippen LogP contribution in [0.4, 0.5) is 5.69 Å². The summed E-state index contributed by atoms with van der Waals surface area (Å²) in [5.74, 6) is 0.222. The Morgan fingerprint density at radius 1 is 1.26 bits per heavy atom. The summed E-state index contributed by atoms with van der Waals surface area (Å²) in [5, 5.41) is 11.3. The van der Waals surface area contributed by atoms with Gasteiger partial charge in [0.25, 0.3) is 0 Å². The number of carbonyl (C=O) groups excluding carboxylic acids is 1. The van der Waals surface area contributed by atoms with Crippen molar-refractivity contribution in [3.63, 3.8) is 0 Å². The molecule has 1 aromatic carbocycles. The zero-order valence-electron chi connectivity index (χ0n) is 10.6. The van der Waals surface area contributed by atoms with Crippen LogP contribution in [-0.4, -0.2) is 23.6 Å². The Bertz CT molecular complexity index is 451. The number of aliphatic carboxylic acids is 1. The van der Waals surface area contributed by atoms with Crippen LogP contribution in [0.1, 0.15) is 25.7 Å². The van der Waals surface area contributed by atoms with Crippen LogP contribution in [0.2, 0.25) is 0 Å². The molecule has 0 aliphatic heterocycles. The van der Waals surface area contributed by atoms with E-state index < -0.39 is 5.97 Å². The number of carboxylic acids is 1. The third kappa shape index (κ3) is 4.99. The van der Waals surface area contributed by atoms with E-state index in [9.17, 15) is 9.59 Å². The SMILES string of the molecule is O=C(O)COc1ccc(NC(=O)CCC2CC2)cc1. The highest BCUT2D eigenvalue weighted by atomic mass is 16.5. The lowest BCUT2D eigenvalue weighted by Crippen LogP contribution is -2.11. The van der Waals surface area contributed by atoms with Crippen molar-refractivity contribution in [3.05, 3.63) is 24.3 Å². The number of hydrogen-bond donors (Lipinski definition) is 2. The number of hydrogen-bond acceptors (Lipinski definition) is 3. The van der Waals surface area contributed by atoms with Crippen LogP contribution in [0.25, 0.3) is 0 Å². The van der Waals surface area contributed by atoms with E-state index >= 15 is 0 Å². The molecule has 1 aliphatic rings. The minimum absolute atomic E-state index is 0.0195. The molecule has 0 atom stereocenters. The Balaban J connectivity index is 1.76. The highest BCUT2D eigenvalue weighted by Crippen LogP contribution is 2.33. The molecule has 2 N–H and O–H groups in total. The molecule has 102 valence electrons. The molecule has 0 heterocycles. The number of anilines is 1. The van der Waals surface area contributed by atoms with E-state index in [1.165, 1.54) is 12.8 Å². The van der Waals surface area contributed by atoms with Crippen molar-refractivity contribution >= 4 is 17.6 Å². The Morgan fingerprint density at radius 3 is 2.53 bits per heavy atom. The number of rotatable bonds is 7. The van der Waals surface area contributed by atoms with E-state index in [-0.39, 0.29) is 12.5 Å². The van der Waals surface area contributed by atoms with Crippen molar-refractivity contribution in [1.82, 2.24) is 0 Å². The first-order chi connectivity index (χ1) is 9.13. The molecule has 0 saturated heterocycles. The maximum Gasteiger partial charge on any atom is 0.341 e. The molecule has 5 nitrogen and oxygen atoms in total. The number of carboxylic acid groups (broad SMARTS) is 1. The minimum Gasteiger partial charge on any atom is -0.482 e. The third-order valence-corrected chi connectivity index (χ3v) is 2.98. The smallest absolute Gasteiger partial charge is 0.341 e. The average molecular weight is 263 g/mol. The van der Waals surface area contributed by atoms with Gasteiger partial charge in [-0.2, -0.15) is 0 Å². The van der Waals surface area contributed by atoms with E-state index in [0.29, 0.717) is 17.9 Å². The topological polar surface area (TPSA) is 75.6 Å². The summed E-state index contributed by atoms with van der Waals surface area (Å²) in [6.07, 6.45) is 4.03. The van der Waals surface area contributed by atoms with Gasteiger partial charge < -0.3 is 15.2 Å². The molecule has 5 heteroatoms. The summed E-state index contributed by atoms with van der Waals surface area (Å²) in [6, 6.07) is 6.68. The molecule has 0 radical (unpaired) electrons. The van der Waals surface area contributed by atoms with E-state index in [4.69, 9.17) is 9.84 Å². The minimum atomic E-state index is -1.02.